The molecule has 0 rings (SSSR count). The summed E-state index contributed by atoms with van der Waals surface area (Å²) in [7, 11) is 0. The van der Waals surface area contributed by atoms with Crippen LogP contribution in [0.25, 0.3) is 0 Å². The number of allylic oxidation sites excluding steroid dienone is 22. The summed E-state index contributed by atoms with van der Waals surface area (Å²) >= 11 is 0. The SMILES string of the molecule is CC/C=C\C/C=C\C/C=C\C/C=C\C/C=C\C/C=C\C/C=C\CCCCCCCCCCCCCCCCCC(=O)OC(CO)COC(=O)CCCCCCCCCCCCCCCCCCCCCCCCCCCC/C=C\C/C=C\C/C=C\C/C=C\CC. The number of aliphatic hydroxyl groups excluding tert-OH is 1. The molecule has 0 aliphatic heterocycles. The van der Waals surface area contributed by atoms with E-state index in [1.807, 2.05) is 0 Å². The highest BCUT2D eigenvalue weighted by molar-refractivity contribution is 5.70. The molecule has 5 nitrogen and oxygen atoms in total. The van der Waals surface area contributed by atoms with Crippen LogP contribution in [0.3, 0.4) is 0 Å². The van der Waals surface area contributed by atoms with Crippen molar-refractivity contribution < 1.29 is 24.2 Å². The molecule has 0 aromatic heterocycles. The van der Waals surface area contributed by atoms with E-state index in [4.69, 9.17) is 9.47 Å². The lowest BCUT2D eigenvalue weighted by molar-refractivity contribution is -0.161. The number of carbonyl (C=O) groups is 2. The van der Waals surface area contributed by atoms with Crippen LogP contribution in [-0.2, 0) is 19.1 Å². The molecule has 0 saturated heterocycles. The van der Waals surface area contributed by atoms with Gasteiger partial charge in [0.25, 0.3) is 0 Å². The number of carbonyl (C=O) groups excluding carboxylic acids is 2. The van der Waals surface area contributed by atoms with Crippen molar-refractivity contribution in [1.82, 2.24) is 0 Å². The Balaban J connectivity index is 3.43. The molecule has 0 aliphatic rings. The Labute approximate surface area is 559 Å². The zero-order valence-corrected chi connectivity index (χ0v) is 59.4. The maximum Gasteiger partial charge on any atom is 0.306 e. The molecule has 1 atom stereocenters. The second kappa shape index (κ2) is 79.3. The van der Waals surface area contributed by atoms with E-state index in [1.165, 1.54) is 238 Å². The van der Waals surface area contributed by atoms with Gasteiger partial charge < -0.3 is 14.6 Å². The lowest BCUT2D eigenvalue weighted by Gasteiger charge is -2.15. The first-order chi connectivity index (χ1) is 44.6. The van der Waals surface area contributed by atoms with Gasteiger partial charge in [0.2, 0.25) is 0 Å². The average molecular weight is 1250 g/mol. The predicted molar refractivity (Wildman–Crippen MR) is 398 cm³/mol. The van der Waals surface area contributed by atoms with Crippen LogP contribution in [0.4, 0.5) is 0 Å². The van der Waals surface area contributed by atoms with Crippen LogP contribution in [0.15, 0.2) is 134 Å². The van der Waals surface area contributed by atoms with E-state index >= 15 is 0 Å². The third kappa shape index (κ3) is 76.5. The van der Waals surface area contributed by atoms with Gasteiger partial charge in [0.1, 0.15) is 6.61 Å². The van der Waals surface area contributed by atoms with Gasteiger partial charge in [0.15, 0.2) is 6.10 Å². The number of hydrogen-bond acceptors (Lipinski definition) is 5. The molecule has 0 radical (unpaired) electrons. The topological polar surface area (TPSA) is 72.8 Å². The molecule has 516 valence electrons. The van der Waals surface area contributed by atoms with E-state index in [9.17, 15) is 14.7 Å². The molecule has 1 unspecified atom stereocenters. The molecule has 0 aromatic carbocycles. The van der Waals surface area contributed by atoms with Crippen LogP contribution in [0, 0.1) is 0 Å². The summed E-state index contributed by atoms with van der Waals surface area (Å²) in [5, 5.41) is 9.73. The quantitative estimate of drug-likeness (QED) is 0.0373. The highest BCUT2D eigenvalue weighted by Crippen LogP contribution is 2.19. The van der Waals surface area contributed by atoms with Crippen LogP contribution >= 0.6 is 0 Å². The zero-order valence-electron chi connectivity index (χ0n) is 59.4. The van der Waals surface area contributed by atoms with Gasteiger partial charge in [-0.25, -0.2) is 0 Å². The van der Waals surface area contributed by atoms with Gasteiger partial charge in [0, 0.05) is 12.8 Å². The van der Waals surface area contributed by atoms with Crippen molar-refractivity contribution in [2.45, 2.75) is 380 Å². The van der Waals surface area contributed by atoms with Crippen molar-refractivity contribution in [2.75, 3.05) is 13.2 Å². The fraction of sp³-hybridized carbons (Fsp3) is 0.718. The Bertz CT molecular complexity index is 1800. The Kier molecular flexibility index (Phi) is 75.8. The van der Waals surface area contributed by atoms with Crippen molar-refractivity contribution in [3.63, 3.8) is 0 Å². The van der Waals surface area contributed by atoms with Crippen molar-refractivity contribution in [3.05, 3.63) is 134 Å². The molecule has 0 bridgehead atoms. The van der Waals surface area contributed by atoms with Gasteiger partial charge in [0.05, 0.1) is 6.61 Å². The highest BCUT2D eigenvalue weighted by Gasteiger charge is 2.16. The summed E-state index contributed by atoms with van der Waals surface area (Å²) in [6.45, 7) is 3.95. The third-order valence-corrected chi connectivity index (χ3v) is 16.9. The largest absolute Gasteiger partial charge is 0.462 e. The normalized spacial score (nSPS) is 13.0. The van der Waals surface area contributed by atoms with Crippen molar-refractivity contribution in [2.24, 2.45) is 0 Å². The monoisotopic (exact) mass is 1250 g/mol. The lowest BCUT2D eigenvalue weighted by Crippen LogP contribution is -2.28. The van der Waals surface area contributed by atoms with Crippen LogP contribution in [-0.4, -0.2) is 36.4 Å². The molecular formula is C85H146O5. The molecule has 0 aliphatic carbocycles. The summed E-state index contributed by atoms with van der Waals surface area (Å²) in [6.07, 6.45) is 118. The number of aliphatic hydroxyl groups is 1. The summed E-state index contributed by atoms with van der Waals surface area (Å²) in [4.78, 5) is 24.7. The molecule has 0 saturated carbocycles. The van der Waals surface area contributed by atoms with E-state index in [2.05, 4.69) is 148 Å². The Morgan fingerprint density at radius 1 is 0.256 bits per heavy atom. The maximum atomic E-state index is 12.4. The number of esters is 2. The minimum Gasteiger partial charge on any atom is -0.462 e. The Morgan fingerprint density at radius 2 is 0.444 bits per heavy atom. The third-order valence-electron chi connectivity index (χ3n) is 16.9. The molecule has 0 spiro atoms. The fourth-order valence-electron chi connectivity index (χ4n) is 11.2. The Hall–Kier alpha value is -3.96. The van der Waals surface area contributed by atoms with E-state index in [0.717, 1.165) is 109 Å². The summed E-state index contributed by atoms with van der Waals surface area (Å²) < 4.78 is 10.8. The van der Waals surface area contributed by atoms with E-state index in [0.29, 0.717) is 12.8 Å². The minimum absolute atomic E-state index is 0.0659. The average Bonchev–Trinajstić information content (AvgIpc) is 3.62. The summed E-state index contributed by atoms with van der Waals surface area (Å²) in [6, 6.07) is 0. The van der Waals surface area contributed by atoms with Crippen molar-refractivity contribution >= 4 is 11.9 Å². The smallest absolute Gasteiger partial charge is 0.306 e. The first-order valence-electron chi connectivity index (χ1n) is 38.7. The van der Waals surface area contributed by atoms with E-state index in [-0.39, 0.29) is 25.2 Å². The molecule has 0 heterocycles. The van der Waals surface area contributed by atoms with Crippen LogP contribution in [0.2, 0.25) is 0 Å². The molecule has 0 fully saturated rings. The molecule has 5 heteroatoms. The van der Waals surface area contributed by atoms with Gasteiger partial charge in [-0.2, -0.15) is 0 Å². The lowest BCUT2D eigenvalue weighted by atomic mass is 10.0. The maximum absolute atomic E-state index is 12.4. The second-order valence-electron chi connectivity index (χ2n) is 25.7. The molecule has 0 aromatic rings. The van der Waals surface area contributed by atoms with Crippen LogP contribution in [0.1, 0.15) is 373 Å². The van der Waals surface area contributed by atoms with Crippen LogP contribution < -0.4 is 0 Å². The van der Waals surface area contributed by atoms with Crippen LogP contribution in [0.5, 0.6) is 0 Å². The molecule has 0 amide bonds. The van der Waals surface area contributed by atoms with Gasteiger partial charge in [-0.05, 0) is 109 Å². The number of ether oxygens (including phenoxy) is 2. The molecule has 90 heavy (non-hydrogen) atoms. The minimum atomic E-state index is -0.778. The van der Waals surface area contributed by atoms with Gasteiger partial charge in [-0.15, -0.1) is 0 Å². The van der Waals surface area contributed by atoms with E-state index in [1.54, 1.807) is 0 Å². The number of rotatable bonds is 71. The standard InChI is InChI=1S/C85H146O5/c1-3-5-7-9-11-13-15-17-19-21-23-25-27-29-31-33-35-37-39-41-42-44-45-47-49-51-53-55-57-59-61-63-65-67-69-71-73-75-77-79-84(87)89-82-83(81-86)90-85(88)80-78-76-74-72-70-68-66-64-62-60-58-56-54-52-50-48-46-43-40-38-36-34-32-30-28-26-24-22-20-18-16-14-12-10-8-6-4-2/h5-8,11-14,17-20,23-26,30,32,36,38,43,46,83,86H,3-4,9-10,15-16,21-22,27-29,31,33-35,37,39-42,44-45,47-82H2,1-2H3/b7-5-,8-6-,13-11-,14-12-,19-17-,20-18-,25-23-,26-24-,32-30-,38-36-,46-43-. The predicted octanol–water partition coefficient (Wildman–Crippen LogP) is 27.4. The van der Waals surface area contributed by atoms with E-state index < -0.39 is 6.10 Å². The second-order valence-corrected chi connectivity index (χ2v) is 25.7. The summed E-state index contributed by atoms with van der Waals surface area (Å²) in [5.74, 6) is -0.577. The van der Waals surface area contributed by atoms with Gasteiger partial charge in [-0.3, -0.25) is 9.59 Å². The first-order valence-corrected chi connectivity index (χ1v) is 38.7. The summed E-state index contributed by atoms with van der Waals surface area (Å²) in [5.41, 5.74) is 0. The molecular weight excluding hydrogens is 1100 g/mol. The fourth-order valence-corrected chi connectivity index (χ4v) is 11.2. The molecule has 1 N–H and O–H groups in total. The zero-order chi connectivity index (χ0) is 64.7. The van der Waals surface area contributed by atoms with Crippen molar-refractivity contribution in [1.29, 1.82) is 0 Å². The number of hydrogen-bond donors (Lipinski definition) is 1. The van der Waals surface area contributed by atoms with Gasteiger partial charge >= 0.3 is 11.9 Å². The van der Waals surface area contributed by atoms with Crippen molar-refractivity contribution in [3.8, 4) is 0 Å². The Morgan fingerprint density at radius 3 is 0.667 bits per heavy atom. The van der Waals surface area contributed by atoms with Gasteiger partial charge in [-0.1, -0.05) is 385 Å². The first kappa shape index (κ1) is 86.0. The number of unbranched alkanes of at least 4 members (excludes halogenated alkanes) is 41. The highest BCUT2D eigenvalue weighted by atomic mass is 16.6.